The van der Waals surface area contributed by atoms with E-state index in [1.165, 1.54) is 0 Å². The van der Waals surface area contributed by atoms with Crippen LogP contribution in [0.3, 0.4) is 0 Å². The Hall–Kier alpha value is -0.770. The Morgan fingerprint density at radius 1 is 1.33 bits per heavy atom. The van der Waals surface area contributed by atoms with Crippen molar-refractivity contribution in [1.82, 2.24) is 5.32 Å². The first-order valence-electron chi connectivity index (χ1n) is 5.63. The third-order valence-electron chi connectivity index (χ3n) is 2.52. The number of rotatable bonds is 1. The first-order valence-corrected chi connectivity index (χ1v) is 5.63. The molecular formula is C11H22N2O2. The molecule has 0 aromatic heterocycles. The molecule has 1 saturated carbocycles. The van der Waals surface area contributed by atoms with E-state index in [2.05, 4.69) is 5.32 Å². The zero-order valence-corrected chi connectivity index (χ0v) is 9.88. The Labute approximate surface area is 91.5 Å². The summed E-state index contributed by atoms with van der Waals surface area (Å²) >= 11 is 0. The molecule has 1 fully saturated rings. The predicted molar refractivity (Wildman–Crippen MR) is 59.6 cm³/mol. The summed E-state index contributed by atoms with van der Waals surface area (Å²) in [4.78, 5) is 11.5. The van der Waals surface area contributed by atoms with E-state index in [1.54, 1.807) is 0 Å². The molecule has 0 spiro atoms. The highest BCUT2D eigenvalue weighted by Crippen LogP contribution is 2.17. The summed E-state index contributed by atoms with van der Waals surface area (Å²) < 4.78 is 5.18. The van der Waals surface area contributed by atoms with Crippen LogP contribution in [0.1, 0.15) is 46.5 Å². The summed E-state index contributed by atoms with van der Waals surface area (Å²) in [5.74, 6) is 0. The van der Waals surface area contributed by atoms with E-state index in [0.717, 1.165) is 25.7 Å². The summed E-state index contributed by atoms with van der Waals surface area (Å²) in [6, 6.07) is 0.153. The largest absolute Gasteiger partial charge is 0.444 e. The Bertz CT molecular complexity index is 223. The van der Waals surface area contributed by atoms with Crippen molar-refractivity contribution in [2.45, 2.75) is 64.1 Å². The van der Waals surface area contributed by atoms with Gasteiger partial charge in [0.15, 0.2) is 0 Å². The highest BCUT2D eigenvalue weighted by molar-refractivity contribution is 5.68. The van der Waals surface area contributed by atoms with Crippen molar-refractivity contribution < 1.29 is 9.53 Å². The molecule has 0 unspecified atom stereocenters. The monoisotopic (exact) mass is 214 g/mol. The second-order valence-electron chi connectivity index (χ2n) is 5.20. The number of carbonyl (C=O) groups is 1. The first kappa shape index (κ1) is 12.3. The number of hydrogen-bond donors (Lipinski definition) is 2. The van der Waals surface area contributed by atoms with E-state index in [9.17, 15) is 4.79 Å². The molecule has 15 heavy (non-hydrogen) atoms. The molecule has 4 heteroatoms. The molecule has 1 aliphatic rings. The van der Waals surface area contributed by atoms with Gasteiger partial charge in [0, 0.05) is 12.1 Å². The van der Waals surface area contributed by atoms with Gasteiger partial charge in [-0.2, -0.15) is 0 Å². The second kappa shape index (κ2) is 4.84. The predicted octanol–water partition coefficient (Wildman–Crippen LogP) is 1.78. The summed E-state index contributed by atoms with van der Waals surface area (Å²) in [5, 5.41) is 2.84. The SMILES string of the molecule is CC(C)(C)OC(=O)N[C@@H]1CCCC[C@H]1N. The minimum absolute atomic E-state index is 0.0752. The van der Waals surface area contributed by atoms with Gasteiger partial charge in [0.1, 0.15) is 5.60 Å². The van der Waals surface area contributed by atoms with Gasteiger partial charge in [-0.05, 0) is 33.6 Å². The van der Waals surface area contributed by atoms with Gasteiger partial charge in [-0.1, -0.05) is 12.8 Å². The van der Waals surface area contributed by atoms with E-state index in [4.69, 9.17) is 10.5 Å². The van der Waals surface area contributed by atoms with Gasteiger partial charge in [-0.15, -0.1) is 0 Å². The summed E-state index contributed by atoms with van der Waals surface area (Å²) in [7, 11) is 0. The molecule has 0 saturated heterocycles. The molecule has 4 nitrogen and oxygen atoms in total. The van der Waals surface area contributed by atoms with Crippen LogP contribution >= 0.6 is 0 Å². The minimum atomic E-state index is -0.442. The molecule has 1 amide bonds. The number of amides is 1. The maximum absolute atomic E-state index is 11.5. The summed E-state index contributed by atoms with van der Waals surface area (Å²) in [6.07, 6.45) is 3.88. The maximum atomic E-state index is 11.5. The number of hydrogen-bond acceptors (Lipinski definition) is 3. The number of nitrogens with two attached hydrogens (primary N) is 1. The molecule has 0 aliphatic heterocycles. The molecule has 1 aliphatic carbocycles. The standard InChI is InChI=1S/C11H22N2O2/c1-11(2,3)15-10(14)13-9-7-5-4-6-8(9)12/h8-9H,4-7,12H2,1-3H3,(H,13,14)/t8-,9-/m1/s1. The van der Waals surface area contributed by atoms with Crippen molar-refractivity contribution >= 4 is 6.09 Å². The van der Waals surface area contributed by atoms with Crippen LogP contribution in [0, 0.1) is 0 Å². The fourth-order valence-corrected chi connectivity index (χ4v) is 1.80. The quantitative estimate of drug-likeness (QED) is 0.699. The minimum Gasteiger partial charge on any atom is -0.444 e. The van der Waals surface area contributed by atoms with Crippen molar-refractivity contribution in [3.05, 3.63) is 0 Å². The average Bonchev–Trinajstić information content (AvgIpc) is 2.05. The smallest absolute Gasteiger partial charge is 0.407 e. The Balaban J connectivity index is 2.36. The van der Waals surface area contributed by atoms with Crippen LogP contribution < -0.4 is 11.1 Å². The van der Waals surface area contributed by atoms with E-state index < -0.39 is 5.60 Å². The molecule has 0 radical (unpaired) electrons. The third kappa shape index (κ3) is 4.51. The van der Waals surface area contributed by atoms with Gasteiger partial charge in [0.2, 0.25) is 0 Å². The van der Waals surface area contributed by atoms with Crippen LogP contribution in [-0.4, -0.2) is 23.8 Å². The topological polar surface area (TPSA) is 64.3 Å². The van der Waals surface area contributed by atoms with Crippen molar-refractivity contribution in [3.63, 3.8) is 0 Å². The average molecular weight is 214 g/mol. The molecule has 0 aromatic carbocycles. The number of ether oxygens (including phenoxy) is 1. The van der Waals surface area contributed by atoms with Gasteiger partial charge in [-0.25, -0.2) is 4.79 Å². The molecule has 1 rings (SSSR count). The van der Waals surface area contributed by atoms with Crippen LogP contribution in [-0.2, 0) is 4.74 Å². The lowest BCUT2D eigenvalue weighted by molar-refractivity contribution is 0.0486. The van der Waals surface area contributed by atoms with Crippen molar-refractivity contribution in [1.29, 1.82) is 0 Å². The number of alkyl carbamates (subject to hydrolysis) is 1. The molecular weight excluding hydrogens is 192 g/mol. The molecule has 0 bridgehead atoms. The van der Waals surface area contributed by atoms with E-state index in [0.29, 0.717) is 0 Å². The number of nitrogens with one attached hydrogen (secondary N) is 1. The molecule has 88 valence electrons. The van der Waals surface area contributed by atoms with Crippen LogP contribution in [0.15, 0.2) is 0 Å². The lowest BCUT2D eigenvalue weighted by Gasteiger charge is -2.30. The Morgan fingerprint density at radius 3 is 2.47 bits per heavy atom. The summed E-state index contributed by atoms with van der Waals surface area (Å²) in [5.41, 5.74) is 5.48. The normalized spacial score (nSPS) is 27.2. The molecule has 0 heterocycles. The van der Waals surface area contributed by atoms with Crippen molar-refractivity contribution in [3.8, 4) is 0 Å². The van der Waals surface area contributed by atoms with Crippen molar-refractivity contribution in [2.75, 3.05) is 0 Å². The lowest BCUT2D eigenvalue weighted by atomic mass is 9.91. The van der Waals surface area contributed by atoms with Gasteiger partial charge >= 0.3 is 6.09 Å². The van der Waals surface area contributed by atoms with E-state index in [-0.39, 0.29) is 18.2 Å². The van der Waals surface area contributed by atoms with E-state index in [1.807, 2.05) is 20.8 Å². The highest BCUT2D eigenvalue weighted by Gasteiger charge is 2.25. The second-order valence-corrected chi connectivity index (χ2v) is 5.20. The van der Waals surface area contributed by atoms with Gasteiger partial charge in [0.05, 0.1) is 0 Å². The van der Waals surface area contributed by atoms with E-state index >= 15 is 0 Å². The van der Waals surface area contributed by atoms with Crippen LogP contribution in [0.25, 0.3) is 0 Å². The first-order chi connectivity index (χ1) is 6.88. The zero-order chi connectivity index (χ0) is 11.5. The van der Waals surface area contributed by atoms with Crippen LogP contribution in [0.4, 0.5) is 4.79 Å². The lowest BCUT2D eigenvalue weighted by Crippen LogP contribution is -2.50. The fraction of sp³-hybridized carbons (Fsp3) is 0.909. The van der Waals surface area contributed by atoms with Crippen LogP contribution in [0.2, 0.25) is 0 Å². The molecule has 0 aromatic rings. The Kier molecular flexibility index (Phi) is 3.97. The molecule has 3 N–H and O–H groups in total. The van der Waals surface area contributed by atoms with Crippen LogP contribution in [0.5, 0.6) is 0 Å². The summed E-state index contributed by atoms with van der Waals surface area (Å²) in [6.45, 7) is 5.56. The zero-order valence-electron chi connectivity index (χ0n) is 9.88. The molecule has 2 atom stereocenters. The number of carbonyl (C=O) groups excluding carboxylic acids is 1. The Morgan fingerprint density at radius 2 is 1.93 bits per heavy atom. The van der Waals surface area contributed by atoms with Crippen molar-refractivity contribution in [2.24, 2.45) is 5.73 Å². The van der Waals surface area contributed by atoms with Gasteiger partial charge in [0.25, 0.3) is 0 Å². The highest BCUT2D eigenvalue weighted by atomic mass is 16.6. The third-order valence-corrected chi connectivity index (χ3v) is 2.52. The maximum Gasteiger partial charge on any atom is 0.407 e. The van der Waals surface area contributed by atoms with Gasteiger partial charge in [-0.3, -0.25) is 0 Å². The van der Waals surface area contributed by atoms with Gasteiger partial charge < -0.3 is 15.8 Å². The fourth-order valence-electron chi connectivity index (χ4n) is 1.80.